The number of nitrogens with zero attached hydrogens (tertiary/aromatic N) is 4. The van der Waals surface area contributed by atoms with Gasteiger partial charge in [0.1, 0.15) is 12.7 Å². The maximum absolute atomic E-state index is 12.3. The lowest BCUT2D eigenvalue weighted by Crippen LogP contribution is -2.29. The SMILES string of the molecule is O=C(O)c1cccc(CC2CCN(C(=O)CCn3cnnc3)C2)c1. The zero-order chi connectivity index (χ0) is 16.9. The van der Waals surface area contributed by atoms with Crippen molar-refractivity contribution in [3.63, 3.8) is 0 Å². The Labute approximate surface area is 139 Å². The topological polar surface area (TPSA) is 88.3 Å². The number of aromatic carboxylic acids is 1. The molecule has 2 aromatic rings. The summed E-state index contributed by atoms with van der Waals surface area (Å²) in [5.41, 5.74) is 1.33. The highest BCUT2D eigenvalue weighted by atomic mass is 16.4. The molecule has 1 aliphatic heterocycles. The third-order valence-corrected chi connectivity index (χ3v) is 4.39. The van der Waals surface area contributed by atoms with Gasteiger partial charge < -0.3 is 14.6 Å². The van der Waals surface area contributed by atoms with E-state index in [0.29, 0.717) is 24.4 Å². The summed E-state index contributed by atoms with van der Waals surface area (Å²) >= 11 is 0. The predicted molar refractivity (Wildman–Crippen MR) is 86.4 cm³/mol. The molecule has 1 unspecified atom stereocenters. The van der Waals surface area contributed by atoms with Crippen molar-refractivity contribution in [2.75, 3.05) is 13.1 Å². The number of carbonyl (C=O) groups is 2. The fourth-order valence-electron chi connectivity index (χ4n) is 3.11. The molecule has 1 aromatic heterocycles. The van der Waals surface area contributed by atoms with E-state index in [9.17, 15) is 9.59 Å². The van der Waals surface area contributed by atoms with Crippen molar-refractivity contribution in [3.05, 3.63) is 48.0 Å². The van der Waals surface area contributed by atoms with Crippen LogP contribution in [0, 0.1) is 5.92 Å². The van der Waals surface area contributed by atoms with Crippen molar-refractivity contribution in [3.8, 4) is 0 Å². The van der Waals surface area contributed by atoms with Crippen LogP contribution in [-0.4, -0.2) is 49.7 Å². The van der Waals surface area contributed by atoms with E-state index in [4.69, 9.17) is 5.11 Å². The summed E-state index contributed by atoms with van der Waals surface area (Å²) in [6.07, 6.45) is 5.41. The number of carboxylic acid groups (broad SMARTS) is 1. The van der Waals surface area contributed by atoms with Crippen molar-refractivity contribution in [2.45, 2.75) is 25.8 Å². The summed E-state index contributed by atoms with van der Waals surface area (Å²) in [4.78, 5) is 25.2. The Morgan fingerprint density at radius 3 is 2.79 bits per heavy atom. The van der Waals surface area contributed by atoms with Gasteiger partial charge in [-0.25, -0.2) is 4.79 Å². The van der Waals surface area contributed by atoms with Gasteiger partial charge in [0.15, 0.2) is 0 Å². The molecule has 0 saturated carbocycles. The standard InChI is InChI=1S/C17H20N4O3/c22-16(5-6-20-11-18-19-12-20)21-7-4-14(10-21)8-13-2-1-3-15(9-13)17(23)24/h1-3,9,11-12,14H,4-8,10H2,(H,23,24). The molecular weight excluding hydrogens is 308 g/mol. The van der Waals surface area contributed by atoms with E-state index in [1.807, 2.05) is 11.0 Å². The number of benzene rings is 1. The van der Waals surface area contributed by atoms with Crippen LogP contribution in [0.4, 0.5) is 0 Å². The van der Waals surface area contributed by atoms with Crippen LogP contribution in [-0.2, 0) is 17.8 Å². The second kappa shape index (κ2) is 7.25. The molecule has 0 bridgehead atoms. The Bertz CT molecular complexity index is 714. The van der Waals surface area contributed by atoms with Gasteiger partial charge in [0.05, 0.1) is 5.56 Å². The number of amides is 1. The van der Waals surface area contributed by atoms with Crippen molar-refractivity contribution in [1.82, 2.24) is 19.7 Å². The number of likely N-dealkylation sites (tertiary alicyclic amines) is 1. The normalized spacial score (nSPS) is 17.2. The molecule has 1 saturated heterocycles. The number of aryl methyl sites for hydroxylation is 1. The van der Waals surface area contributed by atoms with E-state index in [1.54, 1.807) is 35.4 Å². The van der Waals surface area contributed by atoms with Crippen LogP contribution in [0.3, 0.4) is 0 Å². The zero-order valence-electron chi connectivity index (χ0n) is 13.3. The Kier molecular flexibility index (Phi) is 4.88. The molecule has 0 aliphatic carbocycles. The van der Waals surface area contributed by atoms with Gasteiger partial charge in [-0.15, -0.1) is 10.2 Å². The number of rotatable bonds is 6. The zero-order valence-corrected chi connectivity index (χ0v) is 13.3. The maximum Gasteiger partial charge on any atom is 0.335 e. The smallest absolute Gasteiger partial charge is 0.335 e. The molecule has 0 spiro atoms. The highest BCUT2D eigenvalue weighted by Gasteiger charge is 2.26. The molecule has 126 valence electrons. The number of hydrogen-bond acceptors (Lipinski definition) is 4. The first-order valence-electron chi connectivity index (χ1n) is 8.04. The average molecular weight is 328 g/mol. The lowest BCUT2D eigenvalue weighted by molar-refractivity contribution is -0.130. The summed E-state index contributed by atoms with van der Waals surface area (Å²) in [6, 6.07) is 7.04. The lowest BCUT2D eigenvalue weighted by atomic mass is 9.97. The summed E-state index contributed by atoms with van der Waals surface area (Å²) in [5, 5.41) is 16.5. The van der Waals surface area contributed by atoms with Crippen LogP contribution >= 0.6 is 0 Å². The van der Waals surface area contributed by atoms with Crippen LogP contribution < -0.4 is 0 Å². The number of hydrogen-bond donors (Lipinski definition) is 1. The van der Waals surface area contributed by atoms with E-state index in [0.717, 1.165) is 31.5 Å². The predicted octanol–water partition coefficient (Wildman–Crippen LogP) is 1.46. The minimum Gasteiger partial charge on any atom is -0.478 e. The molecule has 7 nitrogen and oxygen atoms in total. The fourth-order valence-corrected chi connectivity index (χ4v) is 3.11. The van der Waals surface area contributed by atoms with Crippen molar-refractivity contribution in [1.29, 1.82) is 0 Å². The van der Waals surface area contributed by atoms with Crippen LogP contribution in [0.15, 0.2) is 36.9 Å². The van der Waals surface area contributed by atoms with E-state index in [-0.39, 0.29) is 5.91 Å². The largest absolute Gasteiger partial charge is 0.478 e. The Morgan fingerprint density at radius 1 is 1.25 bits per heavy atom. The van der Waals surface area contributed by atoms with Gasteiger partial charge in [0, 0.05) is 26.1 Å². The van der Waals surface area contributed by atoms with E-state index < -0.39 is 5.97 Å². The highest BCUT2D eigenvalue weighted by molar-refractivity contribution is 5.87. The van der Waals surface area contributed by atoms with Crippen LogP contribution in [0.1, 0.15) is 28.8 Å². The van der Waals surface area contributed by atoms with Crippen molar-refractivity contribution >= 4 is 11.9 Å². The fraction of sp³-hybridized carbons (Fsp3) is 0.412. The molecule has 1 amide bonds. The van der Waals surface area contributed by atoms with E-state index in [1.165, 1.54) is 0 Å². The molecule has 3 rings (SSSR count). The van der Waals surface area contributed by atoms with Gasteiger partial charge in [0.25, 0.3) is 0 Å². The summed E-state index contributed by atoms with van der Waals surface area (Å²) in [5.74, 6) is -0.382. The minimum absolute atomic E-state index is 0.144. The Balaban J connectivity index is 1.50. The van der Waals surface area contributed by atoms with Crippen molar-refractivity contribution in [2.24, 2.45) is 5.92 Å². The summed E-state index contributed by atoms with van der Waals surface area (Å²) in [6.45, 7) is 2.09. The summed E-state index contributed by atoms with van der Waals surface area (Å²) in [7, 11) is 0. The highest BCUT2D eigenvalue weighted by Crippen LogP contribution is 2.22. The molecule has 1 aromatic carbocycles. The quantitative estimate of drug-likeness (QED) is 0.867. The van der Waals surface area contributed by atoms with Gasteiger partial charge in [-0.3, -0.25) is 4.79 Å². The Morgan fingerprint density at radius 2 is 2.04 bits per heavy atom. The monoisotopic (exact) mass is 328 g/mol. The van der Waals surface area contributed by atoms with Gasteiger partial charge in [-0.05, 0) is 36.5 Å². The lowest BCUT2D eigenvalue weighted by Gasteiger charge is -2.17. The Hall–Kier alpha value is -2.70. The van der Waals surface area contributed by atoms with Gasteiger partial charge in [-0.1, -0.05) is 12.1 Å². The third-order valence-electron chi connectivity index (χ3n) is 4.39. The molecular formula is C17H20N4O3. The van der Waals surface area contributed by atoms with Gasteiger partial charge in [0.2, 0.25) is 5.91 Å². The average Bonchev–Trinajstić information content (AvgIpc) is 3.24. The van der Waals surface area contributed by atoms with Crippen LogP contribution in [0.2, 0.25) is 0 Å². The molecule has 24 heavy (non-hydrogen) atoms. The molecule has 1 N–H and O–H groups in total. The second-order valence-electron chi connectivity index (χ2n) is 6.15. The molecule has 0 radical (unpaired) electrons. The minimum atomic E-state index is -0.908. The summed E-state index contributed by atoms with van der Waals surface area (Å²) < 4.78 is 1.79. The first-order chi connectivity index (χ1) is 11.6. The molecule has 1 fully saturated rings. The van der Waals surface area contributed by atoms with E-state index >= 15 is 0 Å². The van der Waals surface area contributed by atoms with Crippen molar-refractivity contribution < 1.29 is 14.7 Å². The van der Waals surface area contributed by atoms with Crippen LogP contribution in [0.5, 0.6) is 0 Å². The number of carboxylic acids is 1. The molecule has 1 atom stereocenters. The number of carbonyl (C=O) groups excluding carboxylic acids is 1. The second-order valence-corrected chi connectivity index (χ2v) is 6.15. The molecule has 7 heteroatoms. The van der Waals surface area contributed by atoms with Gasteiger partial charge >= 0.3 is 5.97 Å². The first kappa shape index (κ1) is 16.2. The van der Waals surface area contributed by atoms with Crippen LogP contribution in [0.25, 0.3) is 0 Å². The first-order valence-corrected chi connectivity index (χ1v) is 8.04. The number of aromatic nitrogens is 3. The van der Waals surface area contributed by atoms with Gasteiger partial charge in [-0.2, -0.15) is 0 Å². The third kappa shape index (κ3) is 3.98. The molecule has 2 heterocycles. The maximum atomic E-state index is 12.3. The van der Waals surface area contributed by atoms with E-state index in [2.05, 4.69) is 10.2 Å². The molecule has 1 aliphatic rings.